The average molecular weight is 640 g/mol. The molecule has 4 fully saturated rings. The lowest BCUT2D eigenvalue weighted by atomic mass is 9.43. The Labute approximate surface area is 258 Å². The molecular weight excluding hydrogens is 597 g/mol. The number of methoxy groups -OCH3 is 1. The number of amides is 1. The van der Waals surface area contributed by atoms with Crippen LogP contribution in [-0.2, 0) is 37.0 Å². The SMILES string of the molecule is COc1c(CC(NC(=O)Cc2ccc(CBr)cc2)B2OC3CC4CC(C4(C)C)C3(C)O2)cccc1C(=O)OC(C)(C)C. The fourth-order valence-electron chi connectivity index (χ4n) is 7.19. The molecule has 3 aliphatic carbocycles. The van der Waals surface area contributed by atoms with Crippen molar-refractivity contribution < 1.29 is 28.4 Å². The van der Waals surface area contributed by atoms with E-state index in [1.165, 1.54) is 0 Å². The maximum absolute atomic E-state index is 13.4. The van der Waals surface area contributed by atoms with Crippen LogP contribution in [0.25, 0.3) is 0 Å². The number of rotatable bonds is 9. The Morgan fingerprint density at radius 1 is 1.10 bits per heavy atom. The summed E-state index contributed by atoms with van der Waals surface area (Å²) in [5, 5.41) is 3.99. The molecule has 226 valence electrons. The molecule has 1 N–H and O–H groups in total. The number of esters is 1. The molecule has 2 bridgehead atoms. The van der Waals surface area contributed by atoms with Crippen molar-refractivity contribution in [2.75, 3.05) is 7.11 Å². The van der Waals surface area contributed by atoms with Gasteiger partial charge in [-0.1, -0.05) is 66.2 Å². The number of nitrogens with one attached hydrogen (secondary N) is 1. The van der Waals surface area contributed by atoms with Crippen LogP contribution in [0.4, 0.5) is 0 Å². The zero-order valence-corrected chi connectivity index (χ0v) is 27.4. The third-order valence-corrected chi connectivity index (χ3v) is 10.2. The number of carbonyl (C=O) groups is 2. The van der Waals surface area contributed by atoms with Crippen LogP contribution in [0.3, 0.4) is 0 Å². The maximum atomic E-state index is 13.4. The number of carbonyl (C=O) groups excluding carboxylic acids is 2. The van der Waals surface area contributed by atoms with Gasteiger partial charge in [-0.25, -0.2) is 4.79 Å². The normalized spacial score (nSPS) is 26.6. The van der Waals surface area contributed by atoms with E-state index in [2.05, 4.69) is 42.0 Å². The summed E-state index contributed by atoms with van der Waals surface area (Å²) in [5.74, 6) is 0.372. The Kier molecular flexibility index (Phi) is 8.60. The first-order chi connectivity index (χ1) is 19.7. The first-order valence-corrected chi connectivity index (χ1v) is 16.0. The van der Waals surface area contributed by atoms with Gasteiger partial charge in [0.1, 0.15) is 16.9 Å². The molecule has 2 aromatic carbocycles. The van der Waals surface area contributed by atoms with Crippen LogP contribution in [0.5, 0.6) is 5.75 Å². The van der Waals surface area contributed by atoms with Gasteiger partial charge in [-0.15, -0.1) is 0 Å². The van der Waals surface area contributed by atoms with E-state index in [0.29, 0.717) is 29.6 Å². The van der Waals surface area contributed by atoms with Crippen LogP contribution in [0.1, 0.15) is 81.4 Å². The van der Waals surface area contributed by atoms with Gasteiger partial charge < -0.3 is 24.1 Å². The Bertz CT molecular complexity index is 1320. The van der Waals surface area contributed by atoms with E-state index in [1.54, 1.807) is 13.2 Å². The Balaban J connectivity index is 1.41. The lowest BCUT2D eigenvalue weighted by molar-refractivity contribution is -0.199. The second-order valence-corrected chi connectivity index (χ2v) is 14.4. The molecule has 1 saturated heterocycles. The minimum atomic E-state index is -0.646. The van der Waals surface area contributed by atoms with Gasteiger partial charge in [0, 0.05) is 5.33 Å². The number of benzene rings is 2. The first kappa shape index (κ1) is 31.1. The number of alkyl halides is 1. The summed E-state index contributed by atoms with van der Waals surface area (Å²) in [6.07, 6.45) is 2.67. The third-order valence-electron chi connectivity index (χ3n) is 9.55. The van der Waals surface area contributed by atoms with Gasteiger partial charge >= 0.3 is 13.1 Å². The molecule has 0 aromatic heterocycles. The van der Waals surface area contributed by atoms with Crippen LogP contribution in [-0.4, -0.2) is 49.4 Å². The average Bonchev–Trinajstić information content (AvgIpc) is 3.29. The Hall–Kier alpha value is -2.36. The topological polar surface area (TPSA) is 83.1 Å². The van der Waals surface area contributed by atoms with E-state index >= 15 is 0 Å². The van der Waals surface area contributed by atoms with E-state index < -0.39 is 30.2 Å². The number of hydrogen-bond donors (Lipinski definition) is 1. The molecule has 3 saturated carbocycles. The molecule has 4 aliphatic rings. The predicted molar refractivity (Wildman–Crippen MR) is 167 cm³/mol. The Morgan fingerprint density at radius 2 is 1.79 bits per heavy atom. The van der Waals surface area contributed by atoms with Crippen LogP contribution in [0.2, 0.25) is 0 Å². The number of para-hydroxylation sites is 1. The van der Waals surface area contributed by atoms with Gasteiger partial charge in [-0.2, -0.15) is 0 Å². The molecule has 9 heteroatoms. The van der Waals surface area contributed by atoms with E-state index in [1.807, 2.05) is 57.2 Å². The molecule has 0 radical (unpaired) electrons. The van der Waals surface area contributed by atoms with Crippen molar-refractivity contribution in [1.82, 2.24) is 5.32 Å². The molecule has 42 heavy (non-hydrogen) atoms. The van der Waals surface area contributed by atoms with Gasteiger partial charge in [0.25, 0.3) is 0 Å². The summed E-state index contributed by atoms with van der Waals surface area (Å²) in [6, 6.07) is 13.4. The fourth-order valence-corrected chi connectivity index (χ4v) is 7.57. The first-order valence-electron chi connectivity index (χ1n) is 14.9. The summed E-state index contributed by atoms with van der Waals surface area (Å²) < 4.78 is 24.8. The van der Waals surface area contributed by atoms with Gasteiger partial charge in [0.15, 0.2) is 0 Å². The van der Waals surface area contributed by atoms with Crippen LogP contribution >= 0.6 is 15.9 Å². The second kappa shape index (κ2) is 11.6. The smallest absolute Gasteiger partial charge is 0.482 e. The lowest BCUT2D eigenvalue weighted by Gasteiger charge is -2.64. The van der Waals surface area contributed by atoms with Crippen LogP contribution < -0.4 is 10.1 Å². The second-order valence-electron chi connectivity index (χ2n) is 13.8. The van der Waals surface area contributed by atoms with E-state index in [9.17, 15) is 9.59 Å². The summed E-state index contributed by atoms with van der Waals surface area (Å²) in [7, 11) is 0.912. The van der Waals surface area contributed by atoms with Crippen molar-refractivity contribution >= 4 is 34.9 Å². The zero-order chi connectivity index (χ0) is 30.4. The minimum Gasteiger partial charge on any atom is -0.496 e. The molecular formula is C33H43BBrNO6. The van der Waals surface area contributed by atoms with Crippen molar-refractivity contribution in [3.8, 4) is 5.75 Å². The molecule has 6 rings (SSSR count). The maximum Gasteiger partial charge on any atom is 0.482 e. The molecule has 7 nitrogen and oxygen atoms in total. The molecule has 2 aromatic rings. The molecule has 0 spiro atoms. The summed E-state index contributed by atoms with van der Waals surface area (Å²) in [4.78, 5) is 26.5. The highest BCUT2D eigenvalue weighted by Crippen LogP contribution is 2.65. The fraction of sp³-hybridized carbons (Fsp3) is 0.576. The Morgan fingerprint density at radius 3 is 2.40 bits per heavy atom. The van der Waals surface area contributed by atoms with Crippen molar-refractivity contribution in [2.45, 2.75) is 95.8 Å². The number of hydrogen-bond acceptors (Lipinski definition) is 6. The zero-order valence-electron chi connectivity index (χ0n) is 25.8. The molecule has 5 atom stereocenters. The van der Waals surface area contributed by atoms with Crippen LogP contribution in [0.15, 0.2) is 42.5 Å². The molecule has 1 aliphatic heterocycles. The highest BCUT2D eigenvalue weighted by Gasteiger charge is 2.68. The van der Waals surface area contributed by atoms with E-state index in [0.717, 1.165) is 34.9 Å². The predicted octanol–water partition coefficient (Wildman–Crippen LogP) is 6.08. The highest BCUT2D eigenvalue weighted by molar-refractivity contribution is 9.08. The quantitative estimate of drug-likeness (QED) is 0.203. The largest absolute Gasteiger partial charge is 0.496 e. The number of halogens is 1. The van der Waals surface area contributed by atoms with Gasteiger partial charge in [-0.3, -0.25) is 4.79 Å². The van der Waals surface area contributed by atoms with Crippen LogP contribution in [0, 0.1) is 17.3 Å². The van der Waals surface area contributed by atoms with Gasteiger partial charge in [0.2, 0.25) is 5.91 Å². The lowest BCUT2D eigenvalue weighted by Crippen LogP contribution is -2.65. The molecule has 1 amide bonds. The van der Waals surface area contributed by atoms with Gasteiger partial charge in [-0.05, 0) is 87.0 Å². The highest BCUT2D eigenvalue weighted by atomic mass is 79.9. The minimum absolute atomic E-state index is 0.0227. The van der Waals surface area contributed by atoms with Crippen molar-refractivity contribution in [1.29, 1.82) is 0 Å². The monoisotopic (exact) mass is 639 g/mol. The van der Waals surface area contributed by atoms with Crippen molar-refractivity contribution in [3.63, 3.8) is 0 Å². The number of ether oxygens (including phenoxy) is 2. The third kappa shape index (κ3) is 6.02. The summed E-state index contributed by atoms with van der Waals surface area (Å²) in [6.45, 7) is 12.3. The van der Waals surface area contributed by atoms with E-state index in [-0.39, 0.29) is 23.8 Å². The van der Waals surface area contributed by atoms with E-state index in [4.69, 9.17) is 18.8 Å². The standard InChI is InChI=1S/C33H43BBrNO6/c1-31(2,3)40-30(38)24-10-8-9-22(29(24)39-7)16-27(36-28(37)15-20-11-13-21(19-35)14-12-20)34-41-26-18-23-17-25(32(23,4)5)33(26,6)42-34/h8-14,23,25-27H,15-19H2,1-7H3,(H,36,37). The van der Waals surface area contributed by atoms with Crippen molar-refractivity contribution in [3.05, 3.63) is 64.7 Å². The van der Waals surface area contributed by atoms with Crippen molar-refractivity contribution in [2.24, 2.45) is 17.3 Å². The molecule has 5 unspecified atom stereocenters. The summed E-state index contributed by atoms with van der Waals surface area (Å²) >= 11 is 3.47. The summed E-state index contributed by atoms with van der Waals surface area (Å²) in [5.41, 5.74) is 2.33. The molecule has 1 heterocycles. The van der Waals surface area contributed by atoms with Gasteiger partial charge in [0.05, 0.1) is 31.2 Å².